The van der Waals surface area contributed by atoms with E-state index in [2.05, 4.69) is 22.0 Å². The van der Waals surface area contributed by atoms with E-state index in [9.17, 15) is 9.90 Å². The molecule has 1 aliphatic heterocycles. The first-order chi connectivity index (χ1) is 8.65. The summed E-state index contributed by atoms with van der Waals surface area (Å²) in [7, 11) is 0. The Labute approximate surface area is 115 Å². The highest BCUT2D eigenvalue weighted by Crippen LogP contribution is 2.34. The predicted octanol–water partition coefficient (Wildman–Crippen LogP) is 2.56. The van der Waals surface area contributed by atoms with Crippen molar-refractivity contribution in [3.63, 3.8) is 0 Å². The number of alkyl halides is 1. The molecule has 1 aromatic carbocycles. The number of aliphatic hydroxyl groups excluding tert-OH is 1. The standard InChI is InChI=1S/C14H16BrNO2/c15-10-6-14(18)16(8-10)11-5-4-9-2-1-3-13(17)12(9)7-11/h4-5,7,10,13,17H,1-3,6,8H2. The number of carbonyl (C=O) groups is 1. The van der Waals surface area contributed by atoms with Gasteiger partial charge in [0, 0.05) is 23.5 Å². The van der Waals surface area contributed by atoms with Gasteiger partial charge >= 0.3 is 0 Å². The van der Waals surface area contributed by atoms with Crippen molar-refractivity contribution in [2.45, 2.75) is 36.6 Å². The van der Waals surface area contributed by atoms with E-state index >= 15 is 0 Å². The molecule has 1 heterocycles. The second-order valence-corrected chi connectivity index (χ2v) is 6.39. The minimum atomic E-state index is -0.369. The van der Waals surface area contributed by atoms with E-state index in [1.54, 1.807) is 4.90 Å². The topological polar surface area (TPSA) is 40.5 Å². The Morgan fingerprint density at radius 3 is 2.94 bits per heavy atom. The molecule has 4 heteroatoms. The maximum Gasteiger partial charge on any atom is 0.228 e. The van der Waals surface area contributed by atoms with Gasteiger partial charge in [0.1, 0.15) is 0 Å². The number of nitrogens with zero attached hydrogens (tertiary/aromatic N) is 1. The molecule has 2 atom stereocenters. The average molecular weight is 310 g/mol. The Hall–Kier alpha value is -0.870. The summed E-state index contributed by atoms with van der Waals surface area (Å²) in [6.07, 6.45) is 3.08. The van der Waals surface area contributed by atoms with Crippen LogP contribution >= 0.6 is 15.9 Å². The molecule has 2 aliphatic rings. The lowest BCUT2D eigenvalue weighted by molar-refractivity contribution is -0.117. The van der Waals surface area contributed by atoms with Crippen molar-refractivity contribution in [3.05, 3.63) is 29.3 Å². The zero-order chi connectivity index (χ0) is 12.7. The van der Waals surface area contributed by atoms with Crippen molar-refractivity contribution in [1.29, 1.82) is 0 Å². The molecule has 0 saturated carbocycles. The lowest BCUT2D eigenvalue weighted by Gasteiger charge is -2.24. The van der Waals surface area contributed by atoms with Gasteiger partial charge in [-0.25, -0.2) is 0 Å². The van der Waals surface area contributed by atoms with Crippen LogP contribution in [0.25, 0.3) is 0 Å². The molecule has 96 valence electrons. The summed E-state index contributed by atoms with van der Waals surface area (Å²) in [6.45, 7) is 0.716. The summed E-state index contributed by atoms with van der Waals surface area (Å²) in [6, 6.07) is 6.05. The minimum Gasteiger partial charge on any atom is -0.388 e. The van der Waals surface area contributed by atoms with Crippen molar-refractivity contribution >= 4 is 27.5 Å². The number of anilines is 1. The fourth-order valence-electron chi connectivity index (χ4n) is 2.84. The number of rotatable bonds is 1. The van der Waals surface area contributed by atoms with Crippen LogP contribution in [-0.2, 0) is 11.2 Å². The number of hydrogen-bond donors (Lipinski definition) is 1. The van der Waals surface area contributed by atoms with E-state index in [1.165, 1.54) is 5.56 Å². The highest BCUT2D eigenvalue weighted by Gasteiger charge is 2.29. The second kappa shape index (κ2) is 4.67. The predicted molar refractivity (Wildman–Crippen MR) is 74.0 cm³/mol. The molecule has 0 aromatic heterocycles. The van der Waals surface area contributed by atoms with Crippen LogP contribution < -0.4 is 4.90 Å². The molecule has 1 aliphatic carbocycles. The number of carbonyl (C=O) groups excluding carboxylic acids is 1. The van der Waals surface area contributed by atoms with E-state index in [0.717, 1.165) is 30.5 Å². The second-order valence-electron chi connectivity index (χ2n) is 5.10. The van der Waals surface area contributed by atoms with Crippen LogP contribution in [0.4, 0.5) is 5.69 Å². The van der Waals surface area contributed by atoms with Gasteiger partial charge < -0.3 is 10.0 Å². The number of aliphatic hydroxyl groups is 1. The summed E-state index contributed by atoms with van der Waals surface area (Å²) in [5.74, 6) is 0.155. The number of benzene rings is 1. The lowest BCUT2D eigenvalue weighted by atomic mass is 9.89. The van der Waals surface area contributed by atoms with E-state index in [0.29, 0.717) is 13.0 Å². The highest BCUT2D eigenvalue weighted by molar-refractivity contribution is 9.09. The fourth-order valence-corrected chi connectivity index (χ4v) is 3.41. The van der Waals surface area contributed by atoms with Crippen molar-refractivity contribution in [1.82, 2.24) is 0 Å². The van der Waals surface area contributed by atoms with Gasteiger partial charge in [0.25, 0.3) is 0 Å². The normalized spacial score (nSPS) is 27.4. The summed E-state index contributed by atoms with van der Waals surface area (Å²) in [5.41, 5.74) is 3.14. The van der Waals surface area contributed by atoms with Crippen LogP contribution in [0.15, 0.2) is 18.2 Å². The van der Waals surface area contributed by atoms with Gasteiger partial charge in [-0.15, -0.1) is 0 Å². The summed E-state index contributed by atoms with van der Waals surface area (Å²) in [5, 5.41) is 10.0. The van der Waals surface area contributed by atoms with Crippen LogP contribution in [0.2, 0.25) is 0 Å². The molecule has 0 spiro atoms. The average Bonchev–Trinajstić information content (AvgIpc) is 2.69. The third kappa shape index (κ3) is 2.08. The van der Waals surface area contributed by atoms with E-state index in [1.807, 2.05) is 12.1 Å². The Morgan fingerprint density at radius 1 is 1.39 bits per heavy atom. The zero-order valence-corrected chi connectivity index (χ0v) is 11.7. The molecular weight excluding hydrogens is 294 g/mol. The molecule has 1 fully saturated rings. The Morgan fingerprint density at radius 2 is 2.22 bits per heavy atom. The van der Waals surface area contributed by atoms with Crippen molar-refractivity contribution in [3.8, 4) is 0 Å². The third-order valence-corrected chi connectivity index (χ3v) is 4.41. The van der Waals surface area contributed by atoms with E-state index in [4.69, 9.17) is 0 Å². The highest BCUT2D eigenvalue weighted by atomic mass is 79.9. The van der Waals surface area contributed by atoms with Gasteiger partial charge in [-0.1, -0.05) is 22.0 Å². The van der Waals surface area contributed by atoms with Crippen molar-refractivity contribution in [2.24, 2.45) is 0 Å². The lowest BCUT2D eigenvalue weighted by Crippen LogP contribution is -2.25. The number of fused-ring (bicyclic) bond motifs is 1. The van der Waals surface area contributed by atoms with Crippen molar-refractivity contribution in [2.75, 3.05) is 11.4 Å². The monoisotopic (exact) mass is 309 g/mol. The zero-order valence-electron chi connectivity index (χ0n) is 10.1. The van der Waals surface area contributed by atoms with Crippen LogP contribution in [0.1, 0.15) is 36.5 Å². The molecule has 3 nitrogen and oxygen atoms in total. The van der Waals surface area contributed by atoms with Gasteiger partial charge in [-0.2, -0.15) is 0 Å². The number of hydrogen-bond acceptors (Lipinski definition) is 2. The first kappa shape index (κ1) is 12.2. The molecule has 1 aromatic rings. The number of aryl methyl sites for hydroxylation is 1. The molecule has 0 radical (unpaired) electrons. The van der Waals surface area contributed by atoms with Crippen LogP contribution in [0, 0.1) is 0 Å². The fraction of sp³-hybridized carbons (Fsp3) is 0.500. The Bertz CT molecular complexity index is 489. The quantitative estimate of drug-likeness (QED) is 0.810. The van der Waals surface area contributed by atoms with Gasteiger partial charge in [0.2, 0.25) is 5.91 Å². The number of amides is 1. The van der Waals surface area contributed by atoms with Gasteiger partial charge in [0.05, 0.1) is 6.10 Å². The summed E-state index contributed by atoms with van der Waals surface area (Å²) < 4.78 is 0. The molecular formula is C14H16BrNO2. The summed E-state index contributed by atoms with van der Waals surface area (Å²) >= 11 is 3.49. The maximum absolute atomic E-state index is 11.9. The minimum absolute atomic E-state index is 0.155. The third-order valence-electron chi connectivity index (χ3n) is 3.80. The number of halogens is 1. The van der Waals surface area contributed by atoms with Gasteiger partial charge in [-0.05, 0) is 42.5 Å². The van der Waals surface area contributed by atoms with Crippen molar-refractivity contribution < 1.29 is 9.90 Å². The van der Waals surface area contributed by atoms with Crippen LogP contribution in [0.5, 0.6) is 0 Å². The van der Waals surface area contributed by atoms with E-state index in [-0.39, 0.29) is 16.8 Å². The van der Waals surface area contributed by atoms with E-state index < -0.39 is 0 Å². The molecule has 2 unspecified atom stereocenters. The molecule has 1 saturated heterocycles. The first-order valence-corrected chi connectivity index (χ1v) is 7.32. The Kier molecular flexibility index (Phi) is 3.16. The SMILES string of the molecule is O=C1CC(Br)CN1c1ccc2c(c1)C(O)CCC2. The smallest absolute Gasteiger partial charge is 0.228 e. The molecule has 1 N–H and O–H groups in total. The molecule has 3 rings (SSSR count). The maximum atomic E-state index is 11.9. The van der Waals surface area contributed by atoms with Gasteiger partial charge in [-0.3, -0.25) is 4.79 Å². The molecule has 0 bridgehead atoms. The largest absolute Gasteiger partial charge is 0.388 e. The first-order valence-electron chi connectivity index (χ1n) is 6.40. The van der Waals surface area contributed by atoms with Crippen LogP contribution in [0.3, 0.4) is 0 Å². The molecule has 18 heavy (non-hydrogen) atoms. The summed E-state index contributed by atoms with van der Waals surface area (Å²) in [4.78, 5) is 13.9. The molecule has 1 amide bonds. The van der Waals surface area contributed by atoms with Gasteiger partial charge in [0.15, 0.2) is 0 Å². The van der Waals surface area contributed by atoms with Crippen LogP contribution in [-0.4, -0.2) is 22.4 Å². The Balaban J connectivity index is 1.94.